The molecular formula is C5H13Br3Si. The Labute approximate surface area is 86.6 Å². The largest absolute Gasteiger partial charge is 0.0928 e. The smallest absolute Gasteiger partial charge is 0.0161 e. The van der Waals surface area contributed by atoms with Gasteiger partial charge in [-0.05, 0) is 23.8 Å². The van der Waals surface area contributed by atoms with Crippen LogP contribution in [0.4, 0.5) is 0 Å². The highest BCUT2D eigenvalue weighted by molar-refractivity contribution is 9.10. The molecule has 0 heterocycles. The predicted octanol–water partition coefficient (Wildman–Crippen LogP) is 1.87. The molecule has 0 aromatic carbocycles. The van der Waals surface area contributed by atoms with Crippen LogP contribution < -0.4 is 0 Å². The third kappa shape index (κ3) is 9.66. The van der Waals surface area contributed by atoms with E-state index >= 15 is 0 Å². The molecule has 0 bridgehead atoms. The molecule has 0 saturated heterocycles. The van der Waals surface area contributed by atoms with E-state index in [9.17, 15) is 0 Å². The molecule has 0 aromatic heterocycles. The zero-order valence-electron chi connectivity index (χ0n) is 4.54. The van der Waals surface area contributed by atoms with Gasteiger partial charge >= 0.3 is 0 Å². The zero-order chi connectivity index (χ0) is 6.41. The summed E-state index contributed by atoms with van der Waals surface area (Å²) in [6.07, 6.45) is 2.43. The van der Waals surface area contributed by atoms with Crippen LogP contribution in [-0.2, 0) is 0 Å². The Morgan fingerprint density at radius 1 is 1.00 bits per heavy atom. The van der Waals surface area contributed by atoms with Crippen LogP contribution in [0.2, 0.25) is 0 Å². The quantitative estimate of drug-likeness (QED) is 0.541. The van der Waals surface area contributed by atoms with Crippen molar-refractivity contribution in [3.05, 3.63) is 0 Å². The van der Waals surface area contributed by atoms with Crippen molar-refractivity contribution in [2.45, 2.75) is 17.7 Å². The first kappa shape index (κ1) is 13.3. The molecule has 0 fully saturated rings. The molecule has 0 radical (unpaired) electrons. The lowest BCUT2D eigenvalue weighted by Gasteiger charge is -2.02. The summed E-state index contributed by atoms with van der Waals surface area (Å²) in [6.45, 7) is 0. The summed E-state index contributed by atoms with van der Waals surface area (Å²) in [5, 5.41) is 2.19. The third-order valence-corrected chi connectivity index (χ3v) is 2.68. The zero-order valence-corrected chi connectivity index (χ0v) is 9.30. The average Bonchev–Trinajstić information content (AvgIpc) is 1.68. The van der Waals surface area contributed by atoms with Crippen LogP contribution in [0.25, 0.3) is 0 Å². The Bertz CT molecular complexity index is 45.5. The second-order valence-electron chi connectivity index (χ2n) is 1.55. The fourth-order valence-electron chi connectivity index (χ4n) is 0.381. The standard InChI is InChI=1S/C5H9Br3.H4Si/c6-3-1-5(8)2-4-7;/h5H,1-4H2;1H4. The number of hydrogen-bond acceptors (Lipinski definition) is 0. The van der Waals surface area contributed by atoms with Crippen LogP contribution in [0.1, 0.15) is 12.8 Å². The molecular weight excluding hydrogens is 328 g/mol. The Balaban J connectivity index is 0. The molecule has 0 aromatic rings. The minimum Gasteiger partial charge on any atom is -0.0928 e. The van der Waals surface area contributed by atoms with E-state index in [2.05, 4.69) is 47.8 Å². The van der Waals surface area contributed by atoms with Crippen molar-refractivity contribution >= 4 is 58.8 Å². The monoisotopic (exact) mass is 338 g/mol. The fourth-order valence-corrected chi connectivity index (χ4v) is 3.17. The van der Waals surface area contributed by atoms with Crippen LogP contribution in [0.5, 0.6) is 0 Å². The van der Waals surface area contributed by atoms with E-state index in [0.29, 0.717) is 4.83 Å². The van der Waals surface area contributed by atoms with Gasteiger partial charge < -0.3 is 0 Å². The molecule has 0 atom stereocenters. The van der Waals surface area contributed by atoms with Crippen molar-refractivity contribution in [1.29, 1.82) is 0 Å². The average molecular weight is 341 g/mol. The summed E-state index contributed by atoms with van der Waals surface area (Å²) in [5.41, 5.74) is 0. The summed E-state index contributed by atoms with van der Waals surface area (Å²) in [7, 11) is 0. The van der Waals surface area contributed by atoms with E-state index in [1.165, 1.54) is 12.8 Å². The summed E-state index contributed by atoms with van der Waals surface area (Å²) in [5.74, 6) is 0. The predicted molar refractivity (Wildman–Crippen MR) is 60.9 cm³/mol. The number of halogens is 3. The summed E-state index contributed by atoms with van der Waals surface area (Å²) in [6, 6.07) is 0. The van der Waals surface area contributed by atoms with Gasteiger partial charge in [0.25, 0.3) is 0 Å². The van der Waals surface area contributed by atoms with Crippen LogP contribution in [0.3, 0.4) is 0 Å². The van der Waals surface area contributed by atoms with E-state index in [4.69, 9.17) is 0 Å². The lowest BCUT2D eigenvalue weighted by atomic mass is 10.3. The van der Waals surface area contributed by atoms with Crippen LogP contribution >= 0.6 is 47.8 Å². The first-order valence-corrected chi connectivity index (χ1v) is 5.73. The fraction of sp³-hybridized carbons (Fsp3) is 1.00. The first-order valence-electron chi connectivity index (χ1n) is 2.57. The van der Waals surface area contributed by atoms with Crippen molar-refractivity contribution < 1.29 is 0 Å². The third-order valence-electron chi connectivity index (χ3n) is 0.845. The highest BCUT2D eigenvalue weighted by Crippen LogP contribution is 2.12. The molecule has 0 rings (SSSR count). The molecule has 58 valence electrons. The molecule has 0 spiro atoms. The second-order valence-corrected chi connectivity index (χ2v) is 4.43. The van der Waals surface area contributed by atoms with Gasteiger partial charge in [-0.3, -0.25) is 0 Å². The van der Waals surface area contributed by atoms with Crippen molar-refractivity contribution in [1.82, 2.24) is 0 Å². The van der Waals surface area contributed by atoms with Gasteiger partial charge in [0.15, 0.2) is 0 Å². The minimum absolute atomic E-state index is 0. The molecule has 9 heavy (non-hydrogen) atoms. The van der Waals surface area contributed by atoms with E-state index in [1.54, 1.807) is 0 Å². The number of hydrogen-bond donors (Lipinski definition) is 0. The van der Waals surface area contributed by atoms with E-state index in [-0.39, 0.29) is 11.0 Å². The van der Waals surface area contributed by atoms with Gasteiger partial charge in [-0.1, -0.05) is 47.8 Å². The Morgan fingerprint density at radius 2 is 1.33 bits per heavy atom. The highest BCUT2D eigenvalue weighted by Gasteiger charge is 1.99. The van der Waals surface area contributed by atoms with Crippen LogP contribution in [-0.4, -0.2) is 26.5 Å². The SMILES string of the molecule is BrCCC(Br)CCBr.[SiH4]. The molecule has 0 saturated carbocycles. The molecule has 4 heteroatoms. The summed E-state index contributed by atoms with van der Waals surface area (Å²) >= 11 is 10.3. The lowest BCUT2D eigenvalue weighted by Crippen LogP contribution is -1.97. The van der Waals surface area contributed by atoms with Crippen molar-refractivity contribution in [3.63, 3.8) is 0 Å². The normalized spacial score (nSPS) is 9.33. The maximum absolute atomic E-state index is 3.54. The molecule has 0 amide bonds. The summed E-state index contributed by atoms with van der Waals surface area (Å²) < 4.78 is 0. The Kier molecular flexibility index (Phi) is 14.2. The van der Waals surface area contributed by atoms with E-state index in [0.717, 1.165) is 10.7 Å². The van der Waals surface area contributed by atoms with E-state index < -0.39 is 0 Å². The topological polar surface area (TPSA) is 0 Å². The Morgan fingerprint density at radius 3 is 1.56 bits per heavy atom. The van der Waals surface area contributed by atoms with Crippen molar-refractivity contribution in [2.24, 2.45) is 0 Å². The number of rotatable bonds is 4. The molecule has 0 aliphatic heterocycles. The Hall–Kier alpha value is 1.66. The van der Waals surface area contributed by atoms with Crippen molar-refractivity contribution in [3.8, 4) is 0 Å². The van der Waals surface area contributed by atoms with E-state index in [1.807, 2.05) is 0 Å². The maximum Gasteiger partial charge on any atom is 0.0161 e. The van der Waals surface area contributed by atoms with Gasteiger partial charge in [0.1, 0.15) is 0 Å². The second kappa shape index (κ2) is 9.66. The van der Waals surface area contributed by atoms with Gasteiger partial charge in [-0.25, -0.2) is 0 Å². The molecule has 0 aliphatic rings. The van der Waals surface area contributed by atoms with Gasteiger partial charge in [0.05, 0.1) is 0 Å². The summed E-state index contributed by atoms with van der Waals surface area (Å²) in [4.78, 5) is 0.682. The molecule has 0 nitrogen and oxygen atoms in total. The minimum atomic E-state index is 0. The first-order chi connectivity index (χ1) is 3.81. The molecule has 0 aliphatic carbocycles. The lowest BCUT2D eigenvalue weighted by molar-refractivity contribution is 0.827. The van der Waals surface area contributed by atoms with Gasteiger partial charge in [0.2, 0.25) is 0 Å². The van der Waals surface area contributed by atoms with Gasteiger partial charge in [-0.15, -0.1) is 0 Å². The van der Waals surface area contributed by atoms with Crippen LogP contribution in [0.15, 0.2) is 0 Å². The van der Waals surface area contributed by atoms with Crippen molar-refractivity contribution in [2.75, 3.05) is 10.7 Å². The molecule has 0 unspecified atom stereocenters. The van der Waals surface area contributed by atoms with Crippen LogP contribution in [0, 0.1) is 0 Å². The number of alkyl halides is 3. The maximum atomic E-state index is 3.54. The molecule has 0 N–H and O–H groups in total. The van der Waals surface area contributed by atoms with Gasteiger partial charge in [-0.2, -0.15) is 0 Å². The van der Waals surface area contributed by atoms with Gasteiger partial charge in [0, 0.05) is 15.5 Å². The highest BCUT2D eigenvalue weighted by atomic mass is 79.9.